The summed E-state index contributed by atoms with van der Waals surface area (Å²) in [7, 11) is 0. The van der Waals surface area contributed by atoms with Crippen molar-refractivity contribution in [2.24, 2.45) is 0 Å². The molecule has 0 spiro atoms. The van der Waals surface area contributed by atoms with Gasteiger partial charge in [0.1, 0.15) is 12.6 Å². The molecule has 180 valence electrons. The molecule has 7 nitrogen and oxygen atoms in total. The number of amides is 2. The predicted octanol–water partition coefficient (Wildman–Crippen LogP) is 4.98. The molecule has 0 aliphatic heterocycles. The van der Waals surface area contributed by atoms with Crippen LogP contribution in [0.15, 0.2) is 72.8 Å². The van der Waals surface area contributed by atoms with Crippen LogP contribution in [0.4, 0.5) is 10.5 Å². The van der Waals surface area contributed by atoms with E-state index in [-0.39, 0.29) is 23.8 Å². The Morgan fingerprint density at radius 1 is 0.943 bits per heavy atom. The number of benzene rings is 3. The Balaban J connectivity index is 1.43. The number of ether oxygens (including phenoxy) is 1. The van der Waals surface area contributed by atoms with E-state index in [1.54, 1.807) is 23.9 Å². The molecule has 0 fully saturated rings. The summed E-state index contributed by atoms with van der Waals surface area (Å²) in [5.41, 5.74) is 4.61. The van der Waals surface area contributed by atoms with Gasteiger partial charge in [-0.05, 0) is 52.8 Å². The first-order valence-electron chi connectivity index (χ1n) is 11.2. The zero-order chi connectivity index (χ0) is 24.8. The van der Waals surface area contributed by atoms with Gasteiger partial charge in [-0.15, -0.1) is 0 Å². The molecule has 1 atom stereocenters. The fourth-order valence-electron chi connectivity index (χ4n) is 4.29. The smallest absolute Gasteiger partial charge is 0.407 e. The summed E-state index contributed by atoms with van der Waals surface area (Å²) in [6.45, 7) is 0.137. The molecule has 0 radical (unpaired) electrons. The third-order valence-electron chi connectivity index (χ3n) is 5.98. The number of anilines is 1. The van der Waals surface area contributed by atoms with Gasteiger partial charge in [-0.2, -0.15) is 11.8 Å². The molecule has 0 unspecified atom stereocenters. The number of hydrogen-bond donors (Lipinski definition) is 3. The number of carboxylic acids is 1. The van der Waals surface area contributed by atoms with E-state index >= 15 is 0 Å². The lowest BCUT2D eigenvalue weighted by Crippen LogP contribution is -2.44. The molecule has 4 rings (SSSR count). The number of hydrogen-bond acceptors (Lipinski definition) is 5. The highest BCUT2D eigenvalue weighted by atomic mass is 32.2. The molecule has 0 heterocycles. The van der Waals surface area contributed by atoms with Crippen molar-refractivity contribution in [1.29, 1.82) is 0 Å². The van der Waals surface area contributed by atoms with Crippen molar-refractivity contribution < 1.29 is 24.2 Å². The Morgan fingerprint density at radius 3 is 2.17 bits per heavy atom. The molecule has 0 aromatic heterocycles. The van der Waals surface area contributed by atoms with Crippen molar-refractivity contribution in [3.63, 3.8) is 0 Å². The fraction of sp³-hybridized carbons (Fsp3) is 0.222. The number of carboxylic acid groups (broad SMARTS) is 1. The van der Waals surface area contributed by atoms with E-state index in [2.05, 4.69) is 22.8 Å². The van der Waals surface area contributed by atoms with Crippen molar-refractivity contribution in [1.82, 2.24) is 5.32 Å². The summed E-state index contributed by atoms with van der Waals surface area (Å²) in [6, 6.07) is 21.4. The van der Waals surface area contributed by atoms with Gasteiger partial charge < -0.3 is 20.5 Å². The Labute approximate surface area is 207 Å². The first kappa shape index (κ1) is 24.3. The maximum Gasteiger partial charge on any atom is 0.407 e. The summed E-state index contributed by atoms with van der Waals surface area (Å²) in [4.78, 5) is 37.1. The number of aromatic carboxylic acids is 1. The summed E-state index contributed by atoms with van der Waals surface area (Å²) >= 11 is 1.54. The standard InChI is InChI=1S/C27H26N2O5S/c1-35-15-14-24(25(30)28-23-13-7-6-12-21(23)26(31)32)29-27(33)34-16-22-19-10-4-2-8-17(19)18-9-3-5-11-20(18)22/h2-13,22,24H,14-16H2,1H3,(H,28,30)(H,29,33)(H,31,32)/t24-/m1/s1. The Morgan fingerprint density at radius 2 is 1.54 bits per heavy atom. The fourth-order valence-corrected chi connectivity index (χ4v) is 4.76. The number of carbonyl (C=O) groups is 3. The molecule has 3 aromatic rings. The summed E-state index contributed by atoms with van der Waals surface area (Å²) < 4.78 is 5.58. The lowest BCUT2D eigenvalue weighted by atomic mass is 9.98. The quantitative estimate of drug-likeness (QED) is 0.391. The SMILES string of the molecule is CSCC[C@@H](NC(=O)OCC1c2ccccc2-c2ccccc21)C(=O)Nc1ccccc1C(=O)O. The topological polar surface area (TPSA) is 105 Å². The van der Waals surface area contributed by atoms with Crippen molar-refractivity contribution in [2.75, 3.05) is 23.9 Å². The van der Waals surface area contributed by atoms with Crippen LogP contribution in [0.3, 0.4) is 0 Å². The van der Waals surface area contributed by atoms with Gasteiger partial charge in [0.05, 0.1) is 11.3 Å². The van der Waals surface area contributed by atoms with Gasteiger partial charge in [-0.1, -0.05) is 60.7 Å². The minimum Gasteiger partial charge on any atom is -0.478 e. The van der Waals surface area contributed by atoms with Gasteiger partial charge in [0.25, 0.3) is 0 Å². The molecular weight excluding hydrogens is 464 g/mol. The minimum absolute atomic E-state index is 0.0226. The van der Waals surface area contributed by atoms with Crippen LogP contribution in [-0.2, 0) is 9.53 Å². The number of alkyl carbamates (subject to hydrolysis) is 1. The second-order valence-electron chi connectivity index (χ2n) is 8.14. The van der Waals surface area contributed by atoms with Gasteiger partial charge in [-0.25, -0.2) is 9.59 Å². The van der Waals surface area contributed by atoms with Gasteiger partial charge >= 0.3 is 12.1 Å². The number of carbonyl (C=O) groups excluding carboxylic acids is 2. The summed E-state index contributed by atoms with van der Waals surface area (Å²) in [5.74, 6) is -1.11. The third-order valence-corrected chi connectivity index (χ3v) is 6.62. The number of fused-ring (bicyclic) bond motifs is 3. The van der Waals surface area contributed by atoms with Crippen LogP contribution in [0.5, 0.6) is 0 Å². The van der Waals surface area contributed by atoms with Gasteiger partial charge in [0.2, 0.25) is 5.91 Å². The molecular formula is C27H26N2O5S. The van der Waals surface area contributed by atoms with E-state index in [0.717, 1.165) is 22.3 Å². The molecule has 35 heavy (non-hydrogen) atoms. The summed E-state index contributed by atoms with van der Waals surface area (Å²) in [5, 5.41) is 14.7. The van der Waals surface area contributed by atoms with Crippen molar-refractivity contribution in [2.45, 2.75) is 18.4 Å². The average Bonchev–Trinajstić information content (AvgIpc) is 3.19. The van der Waals surface area contributed by atoms with Crippen molar-refractivity contribution in [3.05, 3.63) is 89.5 Å². The van der Waals surface area contributed by atoms with E-state index in [4.69, 9.17) is 4.74 Å². The van der Waals surface area contributed by atoms with Gasteiger partial charge in [0.15, 0.2) is 0 Å². The minimum atomic E-state index is -1.15. The Kier molecular flexibility index (Phi) is 7.72. The maximum absolute atomic E-state index is 12.9. The van der Waals surface area contributed by atoms with Crippen LogP contribution >= 0.6 is 11.8 Å². The maximum atomic E-state index is 12.9. The molecule has 3 N–H and O–H groups in total. The molecule has 0 saturated heterocycles. The van der Waals surface area contributed by atoms with Crippen LogP contribution in [0.2, 0.25) is 0 Å². The molecule has 8 heteroatoms. The lowest BCUT2D eigenvalue weighted by molar-refractivity contribution is -0.118. The highest BCUT2D eigenvalue weighted by Crippen LogP contribution is 2.44. The van der Waals surface area contributed by atoms with E-state index in [1.807, 2.05) is 42.7 Å². The van der Waals surface area contributed by atoms with Crippen LogP contribution in [0.25, 0.3) is 11.1 Å². The molecule has 0 bridgehead atoms. The van der Waals surface area contributed by atoms with E-state index in [9.17, 15) is 19.5 Å². The predicted molar refractivity (Wildman–Crippen MR) is 137 cm³/mol. The molecule has 1 aliphatic rings. The average molecular weight is 491 g/mol. The second kappa shape index (κ2) is 11.1. The highest BCUT2D eigenvalue weighted by molar-refractivity contribution is 7.98. The van der Waals surface area contributed by atoms with Gasteiger partial charge in [0, 0.05) is 5.92 Å². The third kappa shape index (κ3) is 5.49. The largest absolute Gasteiger partial charge is 0.478 e. The van der Waals surface area contributed by atoms with Crippen LogP contribution in [0.1, 0.15) is 33.8 Å². The zero-order valence-electron chi connectivity index (χ0n) is 19.2. The van der Waals surface area contributed by atoms with Crippen LogP contribution in [0, 0.1) is 0 Å². The highest BCUT2D eigenvalue weighted by Gasteiger charge is 2.30. The second-order valence-corrected chi connectivity index (χ2v) is 9.13. The van der Waals surface area contributed by atoms with Crippen molar-refractivity contribution >= 4 is 35.4 Å². The number of para-hydroxylation sites is 1. The van der Waals surface area contributed by atoms with E-state index in [0.29, 0.717) is 12.2 Å². The first-order chi connectivity index (χ1) is 17.0. The molecule has 1 aliphatic carbocycles. The number of thioether (sulfide) groups is 1. The monoisotopic (exact) mass is 490 g/mol. The molecule has 0 saturated carbocycles. The lowest BCUT2D eigenvalue weighted by Gasteiger charge is -2.20. The van der Waals surface area contributed by atoms with Gasteiger partial charge in [-0.3, -0.25) is 4.79 Å². The molecule has 3 aromatic carbocycles. The van der Waals surface area contributed by atoms with Crippen molar-refractivity contribution in [3.8, 4) is 11.1 Å². The molecule has 2 amide bonds. The van der Waals surface area contributed by atoms with E-state index < -0.39 is 24.0 Å². The normalized spacial score (nSPS) is 12.8. The zero-order valence-corrected chi connectivity index (χ0v) is 20.0. The van der Waals surface area contributed by atoms with Crippen LogP contribution in [-0.4, -0.2) is 47.7 Å². The first-order valence-corrected chi connectivity index (χ1v) is 12.6. The number of rotatable bonds is 9. The van der Waals surface area contributed by atoms with Crippen LogP contribution < -0.4 is 10.6 Å². The Bertz CT molecular complexity index is 1200. The van der Waals surface area contributed by atoms with E-state index in [1.165, 1.54) is 12.1 Å². The summed E-state index contributed by atoms with van der Waals surface area (Å²) in [6.07, 6.45) is 1.58. The number of nitrogens with one attached hydrogen (secondary N) is 2. The Hall–Kier alpha value is -3.78.